The second kappa shape index (κ2) is 6.02. The van der Waals surface area contributed by atoms with Gasteiger partial charge in [0.1, 0.15) is 12.4 Å². The minimum atomic E-state index is -0.397. The van der Waals surface area contributed by atoms with Gasteiger partial charge in [0.2, 0.25) is 0 Å². The minimum absolute atomic E-state index is 0.211. The minimum Gasteiger partial charge on any atom is -0.483 e. The molecule has 96 valence electrons. The molecule has 2 rings (SSSR count). The molecule has 0 saturated heterocycles. The Labute approximate surface area is 113 Å². The van der Waals surface area contributed by atoms with E-state index in [1.165, 1.54) is 6.07 Å². The number of benzene rings is 1. The van der Waals surface area contributed by atoms with Crippen molar-refractivity contribution in [1.82, 2.24) is 5.32 Å². The molecule has 1 aromatic carbocycles. The lowest BCUT2D eigenvalue weighted by molar-refractivity contribution is 0.256. The average Bonchev–Trinajstić information content (AvgIpc) is 2.76. The highest BCUT2D eigenvalue weighted by Crippen LogP contribution is 2.23. The summed E-state index contributed by atoms with van der Waals surface area (Å²) in [5.41, 5.74) is 1.01. The molecule has 0 amide bonds. The summed E-state index contributed by atoms with van der Waals surface area (Å²) in [5.74, 6) is 0.516. The van der Waals surface area contributed by atoms with Crippen LogP contribution in [0, 0.1) is 5.82 Å². The average molecular weight is 314 g/mol. The van der Waals surface area contributed by atoms with Crippen molar-refractivity contribution in [3.63, 3.8) is 0 Å². The summed E-state index contributed by atoms with van der Waals surface area (Å²) in [5, 5.41) is 3.03. The standard InChI is InChI=1S/C13H13BrFNO2/c1-16-7-9-4-5-17-13(9)8-18-12-3-2-10(14)6-11(12)15/h2-6,16H,7-8H2,1H3. The Morgan fingerprint density at radius 3 is 2.94 bits per heavy atom. The van der Waals surface area contributed by atoms with E-state index in [0.29, 0.717) is 16.8 Å². The summed E-state index contributed by atoms with van der Waals surface area (Å²) in [6.45, 7) is 0.903. The van der Waals surface area contributed by atoms with Gasteiger partial charge in [-0.15, -0.1) is 0 Å². The van der Waals surface area contributed by atoms with E-state index >= 15 is 0 Å². The summed E-state index contributed by atoms with van der Waals surface area (Å²) in [4.78, 5) is 0. The van der Waals surface area contributed by atoms with Crippen LogP contribution in [0.25, 0.3) is 0 Å². The quantitative estimate of drug-likeness (QED) is 0.917. The molecular formula is C13H13BrFNO2. The van der Waals surface area contributed by atoms with E-state index in [1.807, 2.05) is 13.1 Å². The van der Waals surface area contributed by atoms with Crippen LogP contribution in [0.1, 0.15) is 11.3 Å². The van der Waals surface area contributed by atoms with Gasteiger partial charge in [-0.2, -0.15) is 0 Å². The highest BCUT2D eigenvalue weighted by atomic mass is 79.9. The Hall–Kier alpha value is -1.33. The van der Waals surface area contributed by atoms with Crippen LogP contribution in [0.3, 0.4) is 0 Å². The summed E-state index contributed by atoms with van der Waals surface area (Å²) in [6, 6.07) is 6.55. The molecule has 0 atom stereocenters. The second-order valence-corrected chi connectivity index (χ2v) is 4.68. The van der Waals surface area contributed by atoms with Crippen LogP contribution in [0.2, 0.25) is 0 Å². The van der Waals surface area contributed by atoms with E-state index < -0.39 is 5.82 Å². The van der Waals surface area contributed by atoms with Crippen molar-refractivity contribution in [3.8, 4) is 5.75 Å². The SMILES string of the molecule is CNCc1ccoc1COc1ccc(Br)cc1F. The number of nitrogens with one attached hydrogen (secondary N) is 1. The number of furan rings is 1. The van der Waals surface area contributed by atoms with E-state index in [4.69, 9.17) is 9.15 Å². The molecule has 0 unspecified atom stereocenters. The molecule has 0 bridgehead atoms. The van der Waals surface area contributed by atoms with Gasteiger partial charge in [0.05, 0.1) is 6.26 Å². The Morgan fingerprint density at radius 1 is 1.39 bits per heavy atom. The maximum atomic E-state index is 13.5. The van der Waals surface area contributed by atoms with Crippen molar-refractivity contribution in [2.45, 2.75) is 13.2 Å². The Kier molecular flexibility index (Phi) is 4.38. The number of hydrogen-bond acceptors (Lipinski definition) is 3. The first kappa shape index (κ1) is 13.1. The van der Waals surface area contributed by atoms with Gasteiger partial charge in [0, 0.05) is 16.6 Å². The molecule has 0 radical (unpaired) electrons. The first-order valence-corrected chi connectivity index (χ1v) is 6.27. The maximum Gasteiger partial charge on any atom is 0.166 e. The van der Waals surface area contributed by atoms with E-state index in [1.54, 1.807) is 18.4 Å². The number of halogens is 2. The van der Waals surface area contributed by atoms with Crippen molar-refractivity contribution < 1.29 is 13.5 Å². The molecule has 0 fully saturated rings. The zero-order valence-electron chi connectivity index (χ0n) is 9.87. The van der Waals surface area contributed by atoms with E-state index in [9.17, 15) is 4.39 Å². The van der Waals surface area contributed by atoms with Gasteiger partial charge in [-0.3, -0.25) is 0 Å². The fourth-order valence-electron chi connectivity index (χ4n) is 1.58. The molecular weight excluding hydrogens is 301 g/mol. The van der Waals surface area contributed by atoms with Crippen LogP contribution >= 0.6 is 15.9 Å². The second-order valence-electron chi connectivity index (χ2n) is 3.76. The van der Waals surface area contributed by atoms with Gasteiger partial charge >= 0.3 is 0 Å². The lowest BCUT2D eigenvalue weighted by atomic mass is 10.2. The van der Waals surface area contributed by atoms with E-state index in [0.717, 1.165) is 5.56 Å². The predicted molar refractivity (Wildman–Crippen MR) is 69.9 cm³/mol. The van der Waals surface area contributed by atoms with Gasteiger partial charge in [-0.1, -0.05) is 15.9 Å². The normalized spacial score (nSPS) is 10.6. The van der Waals surface area contributed by atoms with Gasteiger partial charge in [0.25, 0.3) is 0 Å². The highest BCUT2D eigenvalue weighted by molar-refractivity contribution is 9.10. The van der Waals surface area contributed by atoms with Crippen LogP contribution in [-0.4, -0.2) is 7.05 Å². The molecule has 0 saturated carbocycles. The van der Waals surface area contributed by atoms with Gasteiger partial charge in [0.15, 0.2) is 11.6 Å². The third-order valence-electron chi connectivity index (χ3n) is 2.46. The summed E-state index contributed by atoms with van der Waals surface area (Å²) >= 11 is 3.20. The fourth-order valence-corrected chi connectivity index (χ4v) is 1.91. The third-order valence-corrected chi connectivity index (χ3v) is 2.95. The van der Waals surface area contributed by atoms with E-state index in [-0.39, 0.29) is 12.4 Å². The van der Waals surface area contributed by atoms with Gasteiger partial charge in [-0.25, -0.2) is 4.39 Å². The first-order chi connectivity index (χ1) is 8.70. The summed E-state index contributed by atoms with van der Waals surface area (Å²) in [7, 11) is 1.85. The Morgan fingerprint density at radius 2 is 2.22 bits per heavy atom. The largest absolute Gasteiger partial charge is 0.483 e. The van der Waals surface area contributed by atoms with Crippen LogP contribution in [-0.2, 0) is 13.2 Å². The zero-order valence-corrected chi connectivity index (χ0v) is 11.5. The Bertz CT molecular complexity index is 527. The number of ether oxygens (including phenoxy) is 1. The Balaban J connectivity index is 2.04. The van der Waals surface area contributed by atoms with E-state index in [2.05, 4.69) is 21.2 Å². The van der Waals surface area contributed by atoms with Crippen LogP contribution < -0.4 is 10.1 Å². The van der Waals surface area contributed by atoms with Crippen molar-refractivity contribution >= 4 is 15.9 Å². The maximum absolute atomic E-state index is 13.5. The zero-order chi connectivity index (χ0) is 13.0. The molecule has 1 N–H and O–H groups in total. The molecule has 0 spiro atoms. The lowest BCUT2D eigenvalue weighted by Crippen LogP contribution is -2.07. The molecule has 1 heterocycles. The third kappa shape index (κ3) is 3.11. The fraction of sp³-hybridized carbons (Fsp3) is 0.231. The van der Waals surface area contributed by atoms with Crippen LogP contribution in [0.4, 0.5) is 4.39 Å². The predicted octanol–water partition coefficient (Wildman–Crippen LogP) is 3.48. The van der Waals surface area contributed by atoms with Crippen LogP contribution in [0.5, 0.6) is 5.75 Å². The topological polar surface area (TPSA) is 34.4 Å². The number of rotatable bonds is 5. The van der Waals surface area contributed by atoms with Gasteiger partial charge < -0.3 is 14.5 Å². The highest BCUT2D eigenvalue weighted by Gasteiger charge is 2.09. The molecule has 18 heavy (non-hydrogen) atoms. The monoisotopic (exact) mass is 313 g/mol. The number of hydrogen-bond donors (Lipinski definition) is 1. The molecule has 0 aliphatic heterocycles. The molecule has 5 heteroatoms. The van der Waals surface area contributed by atoms with Gasteiger partial charge in [-0.05, 0) is 31.3 Å². The molecule has 3 nitrogen and oxygen atoms in total. The van der Waals surface area contributed by atoms with Crippen molar-refractivity contribution in [3.05, 3.63) is 52.1 Å². The van der Waals surface area contributed by atoms with Crippen molar-refractivity contribution in [2.24, 2.45) is 0 Å². The first-order valence-electron chi connectivity index (χ1n) is 5.48. The smallest absolute Gasteiger partial charge is 0.166 e. The van der Waals surface area contributed by atoms with Crippen molar-refractivity contribution in [1.29, 1.82) is 0 Å². The molecule has 0 aliphatic carbocycles. The van der Waals surface area contributed by atoms with Crippen molar-refractivity contribution in [2.75, 3.05) is 7.05 Å². The van der Waals surface area contributed by atoms with Crippen LogP contribution in [0.15, 0.2) is 39.4 Å². The molecule has 1 aromatic heterocycles. The molecule has 2 aromatic rings. The molecule has 0 aliphatic rings. The summed E-state index contributed by atoms with van der Waals surface area (Å²) < 4.78 is 24.9. The lowest BCUT2D eigenvalue weighted by Gasteiger charge is -2.07. The summed E-state index contributed by atoms with van der Waals surface area (Å²) in [6.07, 6.45) is 1.60.